The second-order valence-corrected chi connectivity index (χ2v) is 5.67. The van der Waals surface area contributed by atoms with Gasteiger partial charge >= 0.3 is 6.18 Å². The largest absolute Gasteiger partial charge is 0.408 e. The van der Waals surface area contributed by atoms with Gasteiger partial charge < -0.3 is 10.6 Å². The van der Waals surface area contributed by atoms with Crippen LogP contribution in [0, 0.1) is 5.92 Å². The average Bonchev–Trinajstić information content (AvgIpc) is 3.12. The fourth-order valence-electron chi connectivity index (χ4n) is 2.93. The Morgan fingerprint density at radius 1 is 1.21 bits per heavy atom. The molecule has 2 unspecified atom stereocenters. The molecule has 2 fully saturated rings. The van der Waals surface area contributed by atoms with Crippen molar-refractivity contribution >= 4 is 5.91 Å². The summed E-state index contributed by atoms with van der Waals surface area (Å²) in [7, 11) is 0. The number of carbonyl (C=O) groups is 1. The molecule has 110 valence electrons. The Kier molecular flexibility index (Phi) is 4.38. The monoisotopic (exact) mass is 278 g/mol. The van der Waals surface area contributed by atoms with Crippen molar-refractivity contribution in [2.45, 2.75) is 63.2 Å². The summed E-state index contributed by atoms with van der Waals surface area (Å²) in [5.41, 5.74) is 5.47. The van der Waals surface area contributed by atoms with Crippen molar-refractivity contribution < 1.29 is 18.0 Å². The van der Waals surface area contributed by atoms with E-state index in [0.717, 1.165) is 17.7 Å². The molecule has 6 heteroatoms. The van der Waals surface area contributed by atoms with Gasteiger partial charge in [-0.3, -0.25) is 4.79 Å². The van der Waals surface area contributed by atoms with Gasteiger partial charge in [0.05, 0.1) is 0 Å². The predicted octanol–water partition coefficient (Wildman–Crippen LogP) is 2.45. The number of hydrogen-bond donors (Lipinski definition) is 1. The molecule has 0 radical (unpaired) electrons. The van der Waals surface area contributed by atoms with E-state index in [9.17, 15) is 18.0 Å². The molecule has 0 bridgehead atoms. The van der Waals surface area contributed by atoms with Crippen LogP contribution in [0.4, 0.5) is 13.2 Å². The number of likely N-dealkylation sites (tertiary alicyclic amines) is 1. The van der Waals surface area contributed by atoms with Crippen LogP contribution in [-0.4, -0.2) is 35.6 Å². The summed E-state index contributed by atoms with van der Waals surface area (Å²) in [6.45, 7) is 0.322. The number of nitrogens with two attached hydrogens (primary N) is 1. The normalized spacial score (nSPS) is 28.5. The van der Waals surface area contributed by atoms with Crippen LogP contribution in [-0.2, 0) is 4.79 Å². The molecule has 1 heterocycles. The highest BCUT2D eigenvalue weighted by molar-refractivity contribution is 5.77. The van der Waals surface area contributed by atoms with Gasteiger partial charge in [-0.25, -0.2) is 0 Å². The molecule has 1 amide bonds. The summed E-state index contributed by atoms with van der Waals surface area (Å²) in [5, 5.41) is 0. The minimum atomic E-state index is -4.33. The molecule has 2 aliphatic rings. The predicted molar refractivity (Wildman–Crippen MR) is 65.3 cm³/mol. The fourth-order valence-corrected chi connectivity index (χ4v) is 2.93. The van der Waals surface area contributed by atoms with E-state index in [-0.39, 0.29) is 24.8 Å². The van der Waals surface area contributed by atoms with Crippen LogP contribution in [0.5, 0.6) is 0 Å². The van der Waals surface area contributed by atoms with Crippen LogP contribution in [0.1, 0.15) is 44.9 Å². The first kappa shape index (κ1) is 14.6. The first-order valence-electron chi connectivity index (χ1n) is 7.01. The third-order valence-corrected chi connectivity index (χ3v) is 4.07. The van der Waals surface area contributed by atoms with E-state index >= 15 is 0 Å². The first-order chi connectivity index (χ1) is 8.93. The summed E-state index contributed by atoms with van der Waals surface area (Å²) in [4.78, 5) is 13.3. The third kappa shape index (κ3) is 3.61. The molecule has 1 aliphatic heterocycles. The van der Waals surface area contributed by atoms with Gasteiger partial charge in [-0.05, 0) is 51.0 Å². The molecular weight excluding hydrogens is 257 g/mol. The van der Waals surface area contributed by atoms with Gasteiger partial charge in [0.1, 0.15) is 6.04 Å². The molecule has 1 saturated heterocycles. The zero-order valence-corrected chi connectivity index (χ0v) is 11.0. The number of hydrogen-bond acceptors (Lipinski definition) is 2. The van der Waals surface area contributed by atoms with Crippen molar-refractivity contribution in [3.63, 3.8) is 0 Å². The second kappa shape index (κ2) is 5.69. The Bertz CT molecular complexity index is 326. The fraction of sp³-hybridized carbons (Fsp3) is 0.923. The topological polar surface area (TPSA) is 46.3 Å². The van der Waals surface area contributed by atoms with Crippen molar-refractivity contribution in [2.75, 3.05) is 6.54 Å². The Morgan fingerprint density at radius 2 is 1.89 bits per heavy atom. The van der Waals surface area contributed by atoms with Crippen LogP contribution >= 0.6 is 0 Å². The lowest BCUT2D eigenvalue weighted by molar-refractivity contribution is -0.203. The van der Waals surface area contributed by atoms with E-state index in [1.54, 1.807) is 0 Å². The van der Waals surface area contributed by atoms with E-state index in [1.807, 2.05) is 0 Å². The molecule has 3 nitrogen and oxygen atoms in total. The van der Waals surface area contributed by atoms with E-state index < -0.39 is 12.2 Å². The highest BCUT2D eigenvalue weighted by Crippen LogP contribution is 2.38. The van der Waals surface area contributed by atoms with E-state index in [0.29, 0.717) is 31.7 Å². The Hall–Kier alpha value is -0.780. The van der Waals surface area contributed by atoms with Crippen molar-refractivity contribution in [1.29, 1.82) is 0 Å². The number of alkyl halides is 3. The summed E-state index contributed by atoms with van der Waals surface area (Å²) in [5.74, 6) is -0.0233. The quantitative estimate of drug-likeness (QED) is 0.858. The van der Waals surface area contributed by atoms with Crippen LogP contribution in [0.3, 0.4) is 0 Å². The molecule has 1 saturated carbocycles. The molecule has 19 heavy (non-hydrogen) atoms. The second-order valence-electron chi connectivity index (χ2n) is 5.67. The average molecular weight is 278 g/mol. The van der Waals surface area contributed by atoms with Gasteiger partial charge in [-0.1, -0.05) is 0 Å². The number of rotatable bonds is 4. The van der Waals surface area contributed by atoms with Crippen molar-refractivity contribution in [3.8, 4) is 0 Å². The SMILES string of the molecule is NCCC1CCCC(C(F)(F)F)N1C(=O)CC1CC1. The maximum atomic E-state index is 13.1. The summed E-state index contributed by atoms with van der Waals surface area (Å²) in [6.07, 6.45) is -0.470. The minimum Gasteiger partial charge on any atom is -0.330 e. The van der Waals surface area contributed by atoms with Crippen molar-refractivity contribution in [3.05, 3.63) is 0 Å². The first-order valence-corrected chi connectivity index (χ1v) is 7.01. The number of piperidine rings is 1. The standard InChI is InChI=1S/C13H21F3N2O/c14-13(15,16)11-3-1-2-10(6-7-17)18(11)12(19)8-9-4-5-9/h9-11H,1-8,17H2. The van der Waals surface area contributed by atoms with Gasteiger partial charge in [-0.15, -0.1) is 0 Å². The van der Waals surface area contributed by atoms with Gasteiger partial charge in [0.25, 0.3) is 0 Å². The molecule has 0 aromatic heterocycles. The molecule has 2 N–H and O–H groups in total. The summed E-state index contributed by atoms with van der Waals surface area (Å²) < 4.78 is 39.3. The van der Waals surface area contributed by atoms with Crippen molar-refractivity contribution in [2.24, 2.45) is 11.7 Å². The van der Waals surface area contributed by atoms with E-state index in [1.165, 1.54) is 0 Å². The van der Waals surface area contributed by atoms with Crippen LogP contribution in [0.2, 0.25) is 0 Å². The highest BCUT2D eigenvalue weighted by atomic mass is 19.4. The lowest BCUT2D eigenvalue weighted by Gasteiger charge is -2.43. The molecule has 1 aliphatic carbocycles. The lowest BCUT2D eigenvalue weighted by atomic mass is 9.92. The van der Waals surface area contributed by atoms with Gasteiger partial charge in [-0.2, -0.15) is 13.2 Å². The Balaban J connectivity index is 2.12. The Labute approximate surface area is 111 Å². The van der Waals surface area contributed by atoms with Crippen LogP contribution < -0.4 is 5.73 Å². The van der Waals surface area contributed by atoms with Gasteiger partial charge in [0.2, 0.25) is 5.91 Å². The number of nitrogens with zero attached hydrogens (tertiary/aromatic N) is 1. The Morgan fingerprint density at radius 3 is 2.42 bits per heavy atom. The van der Waals surface area contributed by atoms with Gasteiger partial charge in [0.15, 0.2) is 0 Å². The molecule has 0 aromatic carbocycles. The number of halogens is 3. The molecular formula is C13H21F3N2O. The maximum Gasteiger partial charge on any atom is 0.408 e. The molecule has 2 rings (SSSR count). The summed E-state index contributed by atoms with van der Waals surface area (Å²) in [6, 6.07) is -1.94. The molecule has 0 aromatic rings. The highest BCUT2D eigenvalue weighted by Gasteiger charge is 2.49. The smallest absolute Gasteiger partial charge is 0.330 e. The van der Waals surface area contributed by atoms with Crippen LogP contribution in [0.25, 0.3) is 0 Å². The molecule has 2 atom stereocenters. The van der Waals surface area contributed by atoms with Gasteiger partial charge in [0, 0.05) is 12.5 Å². The summed E-state index contributed by atoms with van der Waals surface area (Å²) >= 11 is 0. The zero-order chi connectivity index (χ0) is 14.0. The van der Waals surface area contributed by atoms with E-state index in [2.05, 4.69) is 0 Å². The maximum absolute atomic E-state index is 13.1. The van der Waals surface area contributed by atoms with Crippen molar-refractivity contribution in [1.82, 2.24) is 4.90 Å². The zero-order valence-electron chi connectivity index (χ0n) is 11.0. The third-order valence-electron chi connectivity index (χ3n) is 4.07. The van der Waals surface area contributed by atoms with Crippen LogP contribution in [0.15, 0.2) is 0 Å². The number of carbonyl (C=O) groups excluding carboxylic acids is 1. The molecule has 0 spiro atoms. The minimum absolute atomic E-state index is 0.0287. The van der Waals surface area contributed by atoms with E-state index in [4.69, 9.17) is 5.73 Å². The number of amides is 1. The lowest BCUT2D eigenvalue weighted by Crippen LogP contribution is -2.56.